The van der Waals surface area contributed by atoms with Gasteiger partial charge in [-0.15, -0.1) is 0 Å². The molecule has 28 heavy (non-hydrogen) atoms. The first-order valence-electron chi connectivity index (χ1n) is 9.65. The number of aliphatic imine (C=N–C) groups is 1. The van der Waals surface area contributed by atoms with E-state index in [-0.39, 0.29) is 11.9 Å². The van der Waals surface area contributed by atoms with Gasteiger partial charge in [-0.05, 0) is 17.7 Å². The fourth-order valence-electron chi connectivity index (χ4n) is 3.10. The van der Waals surface area contributed by atoms with Gasteiger partial charge in [-0.3, -0.25) is 14.7 Å². The van der Waals surface area contributed by atoms with Gasteiger partial charge in [-0.2, -0.15) is 0 Å². The highest BCUT2D eigenvalue weighted by Crippen LogP contribution is 2.23. The average Bonchev–Trinajstić information content (AvgIpc) is 2.73. The Hall–Kier alpha value is -2.32. The zero-order valence-electron chi connectivity index (χ0n) is 17.4. The number of carbonyl (C=O) groups is 1. The van der Waals surface area contributed by atoms with Crippen molar-refractivity contribution in [2.24, 2.45) is 4.99 Å². The van der Waals surface area contributed by atoms with E-state index in [4.69, 9.17) is 9.47 Å². The number of guanidine groups is 1. The fraction of sp³-hybridized carbons (Fsp3) is 0.600. The second-order valence-corrected chi connectivity index (χ2v) is 6.86. The molecule has 1 fully saturated rings. The Bertz CT molecular complexity index is 627. The monoisotopic (exact) mass is 391 g/mol. The highest BCUT2D eigenvalue weighted by Gasteiger charge is 2.23. The summed E-state index contributed by atoms with van der Waals surface area (Å²) in [6.07, 6.45) is 0.430. The van der Waals surface area contributed by atoms with Crippen molar-refractivity contribution in [1.29, 1.82) is 0 Å². The summed E-state index contributed by atoms with van der Waals surface area (Å²) in [4.78, 5) is 20.0. The molecule has 1 aliphatic rings. The van der Waals surface area contributed by atoms with Crippen LogP contribution in [0.15, 0.2) is 29.3 Å². The lowest BCUT2D eigenvalue weighted by atomic mass is 10.0. The predicted molar refractivity (Wildman–Crippen MR) is 111 cm³/mol. The van der Waals surface area contributed by atoms with Crippen LogP contribution in [-0.2, 0) is 9.53 Å². The summed E-state index contributed by atoms with van der Waals surface area (Å²) in [7, 11) is 6.93. The maximum atomic E-state index is 11.7. The van der Waals surface area contributed by atoms with Crippen molar-refractivity contribution in [3.8, 4) is 5.75 Å². The molecule has 0 aromatic heterocycles. The van der Waals surface area contributed by atoms with Crippen LogP contribution in [0.1, 0.15) is 18.0 Å². The van der Waals surface area contributed by atoms with Gasteiger partial charge in [0.25, 0.3) is 0 Å². The average molecular weight is 392 g/mol. The molecule has 0 spiro atoms. The smallest absolute Gasteiger partial charge is 0.223 e. The van der Waals surface area contributed by atoms with Gasteiger partial charge < -0.3 is 25.0 Å². The van der Waals surface area contributed by atoms with E-state index in [1.807, 2.05) is 12.1 Å². The molecule has 1 aromatic carbocycles. The summed E-state index contributed by atoms with van der Waals surface area (Å²) < 4.78 is 10.8. The third kappa shape index (κ3) is 6.69. The number of nitrogens with one attached hydrogen (secondary N) is 2. The first-order chi connectivity index (χ1) is 13.5. The maximum absolute atomic E-state index is 11.7. The molecule has 1 atom stereocenters. The topological polar surface area (TPSA) is 78.4 Å². The van der Waals surface area contributed by atoms with Crippen LogP contribution in [0, 0.1) is 0 Å². The molecule has 1 amide bonds. The van der Waals surface area contributed by atoms with Gasteiger partial charge in [0.15, 0.2) is 5.96 Å². The summed E-state index contributed by atoms with van der Waals surface area (Å²) in [5.41, 5.74) is 1.22. The zero-order valence-corrected chi connectivity index (χ0v) is 17.4. The van der Waals surface area contributed by atoms with E-state index in [1.165, 1.54) is 5.56 Å². The number of nitrogens with zero attached hydrogens (tertiary/aromatic N) is 3. The van der Waals surface area contributed by atoms with E-state index < -0.39 is 0 Å². The standard InChI is InChI=1S/C20H33N5O3/c1-21-20(22-10-9-19(26)24(2)3)23-15-18(25-11-13-28-14-12-25)16-5-7-17(27-4)8-6-16/h5-8,18H,9-15H2,1-4H3,(H2,21,22,23). The fourth-order valence-corrected chi connectivity index (χ4v) is 3.10. The Labute approximate surface area is 167 Å². The molecule has 1 aliphatic heterocycles. The van der Waals surface area contributed by atoms with Crippen molar-refractivity contribution in [2.75, 3.05) is 67.6 Å². The Kier molecular flexibility index (Phi) is 9.03. The highest BCUT2D eigenvalue weighted by molar-refractivity contribution is 5.81. The minimum Gasteiger partial charge on any atom is -0.497 e. The van der Waals surface area contributed by atoms with Crippen molar-refractivity contribution in [2.45, 2.75) is 12.5 Å². The van der Waals surface area contributed by atoms with Crippen molar-refractivity contribution in [1.82, 2.24) is 20.4 Å². The maximum Gasteiger partial charge on any atom is 0.223 e. The number of benzene rings is 1. The van der Waals surface area contributed by atoms with Crippen LogP contribution in [0.4, 0.5) is 0 Å². The molecule has 1 aromatic rings. The van der Waals surface area contributed by atoms with Crippen LogP contribution in [0.25, 0.3) is 0 Å². The minimum absolute atomic E-state index is 0.0902. The molecule has 156 valence electrons. The number of morpholine rings is 1. The van der Waals surface area contributed by atoms with Gasteiger partial charge >= 0.3 is 0 Å². The van der Waals surface area contributed by atoms with Crippen molar-refractivity contribution in [3.05, 3.63) is 29.8 Å². The summed E-state index contributed by atoms with van der Waals surface area (Å²) >= 11 is 0. The molecule has 0 radical (unpaired) electrons. The lowest BCUT2D eigenvalue weighted by Crippen LogP contribution is -2.46. The molecular formula is C20H33N5O3. The third-order valence-electron chi connectivity index (χ3n) is 4.80. The van der Waals surface area contributed by atoms with Crippen LogP contribution < -0.4 is 15.4 Å². The minimum atomic E-state index is 0.0902. The molecule has 8 heteroatoms. The summed E-state index contributed by atoms with van der Waals surface area (Å²) in [5.74, 6) is 1.63. The highest BCUT2D eigenvalue weighted by atomic mass is 16.5. The van der Waals surface area contributed by atoms with Crippen LogP contribution in [0.3, 0.4) is 0 Å². The molecule has 2 N–H and O–H groups in total. The largest absolute Gasteiger partial charge is 0.497 e. The van der Waals surface area contributed by atoms with Gasteiger partial charge in [0.1, 0.15) is 5.75 Å². The molecule has 0 aliphatic carbocycles. The first kappa shape index (κ1) is 22.0. The zero-order chi connectivity index (χ0) is 20.4. The second-order valence-electron chi connectivity index (χ2n) is 6.86. The van der Waals surface area contributed by atoms with Crippen LogP contribution in [-0.4, -0.2) is 89.3 Å². The Morgan fingerprint density at radius 3 is 2.50 bits per heavy atom. The number of rotatable bonds is 8. The number of methoxy groups -OCH3 is 1. The number of carbonyl (C=O) groups excluding carboxylic acids is 1. The Morgan fingerprint density at radius 2 is 1.93 bits per heavy atom. The van der Waals surface area contributed by atoms with Crippen LogP contribution >= 0.6 is 0 Å². The van der Waals surface area contributed by atoms with E-state index >= 15 is 0 Å². The Morgan fingerprint density at radius 1 is 1.25 bits per heavy atom. The van der Waals surface area contributed by atoms with Crippen molar-refractivity contribution in [3.63, 3.8) is 0 Å². The van der Waals surface area contributed by atoms with Crippen LogP contribution in [0.2, 0.25) is 0 Å². The normalized spacial score (nSPS) is 16.4. The molecule has 2 rings (SSSR count). The second kappa shape index (κ2) is 11.5. The van der Waals surface area contributed by atoms with E-state index in [2.05, 4.69) is 32.7 Å². The predicted octanol–water partition coefficient (Wildman–Crippen LogP) is 0.712. The first-order valence-corrected chi connectivity index (χ1v) is 9.65. The van der Waals surface area contributed by atoms with Gasteiger partial charge in [-0.25, -0.2) is 0 Å². The number of amides is 1. The van der Waals surface area contributed by atoms with Gasteiger partial charge in [-0.1, -0.05) is 12.1 Å². The number of hydrogen-bond donors (Lipinski definition) is 2. The van der Waals surface area contributed by atoms with Crippen LogP contribution in [0.5, 0.6) is 5.75 Å². The van der Waals surface area contributed by atoms with Gasteiger partial charge in [0, 0.05) is 53.7 Å². The van der Waals surface area contributed by atoms with Gasteiger partial charge in [0.05, 0.1) is 26.4 Å². The summed E-state index contributed by atoms with van der Waals surface area (Å²) in [5, 5.41) is 6.61. The molecule has 1 heterocycles. The van der Waals surface area contributed by atoms with Gasteiger partial charge in [0.2, 0.25) is 5.91 Å². The summed E-state index contributed by atoms with van der Waals surface area (Å²) in [6.45, 7) is 4.51. The summed E-state index contributed by atoms with van der Waals surface area (Å²) in [6, 6.07) is 8.38. The molecule has 1 saturated heterocycles. The number of hydrogen-bond acceptors (Lipinski definition) is 5. The van der Waals surface area contributed by atoms with E-state index in [1.54, 1.807) is 33.2 Å². The quantitative estimate of drug-likeness (QED) is 0.502. The lowest BCUT2D eigenvalue weighted by molar-refractivity contribution is -0.128. The molecule has 0 bridgehead atoms. The third-order valence-corrected chi connectivity index (χ3v) is 4.80. The van der Waals surface area contributed by atoms with Crippen molar-refractivity contribution >= 4 is 11.9 Å². The van der Waals surface area contributed by atoms with E-state index in [0.717, 1.165) is 32.1 Å². The molecule has 1 unspecified atom stereocenters. The number of ether oxygens (including phenoxy) is 2. The van der Waals surface area contributed by atoms with E-state index in [9.17, 15) is 4.79 Å². The van der Waals surface area contributed by atoms with Crippen molar-refractivity contribution < 1.29 is 14.3 Å². The molecule has 0 saturated carbocycles. The van der Waals surface area contributed by atoms with E-state index in [0.29, 0.717) is 25.5 Å². The lowest BCUT2D eigenvalue weighted by Gasteiger charge is -2.35. The molecule has 8 nitrogen and oxygen atoms in total. The molecular weight excluding hydrogens is 358 g/mol. The SMILES string of the molecule is CN=C(NCCC(=O)N(C)C)NCC(c1ccc(OC)cc1)N1CCOCC1. The Balaban J connectivity index is 1.97.